The number of hydrogen-bond acceptors (Lipinski definition) is 7. The van der Waals surface area contributed by atoms with Crippen molar-refractivity contribution in [2.45, 2.75) is 26.7 Å². The summed E-state index contributed by atoms with van der Waals surface area (Å²) in [4.78, 5) is 6.89. The van der Waals surface area contributed by atoms with Crippen molar-refractivity contribution >= 4 is 32.9 Å². The maximum Gasteiger partial charge on any atom is 0.163 e. The van der Waals surface area contributed by atoms with Gasteiger partial charge in [-0.25, -0.2) is 17.8 Å². The summed E-state index contributed by atoms with van der Waals surface area (Å²) in [7, 11) is -3.04. The van der Waals surface area contributed by atoms with E-state index in [0.717, 1.165) is 28.3 Å². The van der Waals surface area contributed by atoms with Crippen LogP contribution in [-0.2, 0) is 9.84 Å². The fraction of sp³-hybridized carbons (Fsp3) is 0.348. The summed E-state index contributed by atoms with van der Waals surface area (Å²) in [5.74, 6) is 1.79. The molecule has 4 aromatic rings. The van der Waals surface area contributed by atoms with Crippen molar-refractivity contribution in [3.8, 4) is 0 Å². The molecule has 11 heteroatoms. The highest BCUT2D eigenvalue weighted by Gasteiger charge is 2.27. The molecule has 0 radical (unpaired) electrons. The Morgan fingerprint density at radius 1 is 1.09 bits per heavy atom. The minimum absolute atomic E-state index is 0.0805. The second-order valence-electron chi connectivity index (χ2n) is 8.71. The van der Waals surface area contributed by atoms with Gasteiger partial charge in [0.1, 0.15) is 17.5 Å². The van der Waals surface area contributed by atoms with Crippen LogP contribution in [0.25, 0.3) is 5.65 Å². The Morgan fingerprint density at radius 2 is 1.79 bits per heavy atom. The number of sulfone groups is 1. The van der Waals surface area contributed by atoms with Gasteiger partial charge in [0, 0.05) is 42.4 Å². The van der Waals surface area contributed by atoms with Crippen LogP contribution in [0.4, 0.5) is 21.8 Å². The number of benzene rings is 1. The molecule has 3 aromatic heterocycles. The Labute approximate surface area is 196 Å². The largest absolute Gasteiger partial charge is 0.354 e. The van der Waals surface area contributed by atoms with E-state index in [1.54, 1.807) is 16.6 Å². The number of aryl methyl sites for hydroxylation is 2. The van der Waals surface area contributed by atoms with Crippen LogP contribution >= 0.6 is 0 Å². The molecule has 1 aromatic carbocycles. The van der Waals surface area contributed by atoms with Crippen LogP contribution in [0.5, 0.6) is 0 Å². The summed E-state index contributed by atoms with van der Waals surface area (Å²) in [6, 6.07) is 10.2. The Hall–Kier alpha value is -3.47. The highest BCUT2D eigenvalue weighted by Crippen LogP contribution is 2.33. The molecule has 1 fully saturated rings. The molecule has 1 unspecified atom stereocenters. The van der Waals surface area contributed by atoms with Crippen LogP contribution in [0.1, 0.15) is 35.4 Å². The predicted molar refractivity (Wildman–Crippen MR) is 129 cm³/mol. The molecule has 5 rings (SSSR count). The van der Waals surface area contributed by atoms with Crippen molar-refractivity contribution in [3.63, 3.8) is 0 Å². The maximum absolute atomic E-state index is 13.5. The molecule has 0 amide bonds. The number of aromatic nitrogens is 5. The van der Waals surface area contributed by atoms with E-state index >= 15 is 0 Å². The average molecular weight is 484 g/mol. The molecule has 2 N–H and O–H groups in total. The van der Waals surface area contributed by atoms with Gasteiger partial charge in [-0.2, -0.15) is 14.7 Å². The summed E-state index contributed by atoms with van der Waals surface area (Å²) in [5, 5.41) is 15.2. The maximum atomic E-state index is 13.5. The smallest absolute Gasteiger partial charge is 0.163 e. The third-order valence-electron chi connectivity index (χ3n) is 6.22. The second kappa shape index (κ2) is 8.39. The molecular weight excluding hydrogens is 457 g/mol. The zero-order valence-electron chi connectivity index (χ0n) is 19.2. The van der Waals surface area contributed by atoms with E-state index < -0.39 is 9.84 Å². The Bertz CT molecular complexity index is 1450. The number of H-pyrrole nitrogens is 1. The van der Waals surface area contributed by atoms with Crippen molar-refractivity contribution < 1.29 is 12.8 Å². The fourth-order valence-electron chi connectivity index (χ4n) is 4.39. The van der Waals surface area contributed by atoms with Crippen molar-refractivity contribution in [2.24, 2.45) is 0 Å². The lowest BCUT2D eigenvalue weighted by Crippen LogP contribution is -2.41. The number of nitrogens with zero attached hydrogens (tertiary/aromatic N) is 5. The molecule has 0 spiro atoms. The zero-order valence-corrected chi connectivity index (χ0v) is 20.0. The van der Waals surface area contributed by atoms with Crippen LogP contribution in [0.3, 0.4) is 0 Å². The first-order valence-corrected chi connectivity index (χ1v) is 12.9. The highest BCUT2D eigenvalue weighted by atomic mass is 32.2. The quantitative estimate of drug-likeness (QED) is 0.448. The standard InChI is InChI=1S/C23H26FN7O2S/c1-14-12-20(28-27-14)25-19-13-21(30-8-10-34(32,33)11-9-30)31-23(26-19)22(16(3)29-31)15(2)17-4-6-18(24)7-5-17/h4-7,12-13,15H,8-11H2,1-3H3,(H2,25,26,27,28). The van der Waals surface area contributed by atoms with Gasteiger partial charge < -0.3 is 10.2 Å². The lowest BCUT2D eigenvalue weighted by molar-refractivity contribution is 0.585. The van der Waals surface area contributed by atoms with Crippen LogP contribution in [0.15, 0.2) is 36.4 Å². The molecule has 0 saturated carbocycles. The second-order valence-corrected chi connectivity index (χ2v) is 11.0. The fourth-order valence-corrected chi connectivity index (χ4v) is 5.59. The summed E-state index contributed by atoms with van der Waals surface area (Å²) in [6.45, 7) is 6.65. The summed E-state index contributed by atoms with van der Waals surface area (Å²) in [6.07, 6.45) is 0. The van der Waals surface area contributed by atoms with Crippen LogP contribution in [-0.4, -0.2) is 57.8 Å². The number of aromatic amines is 1. The van der Waals surface area contributed by atoms with E-state index in [1.807, 2.05) is 37.8 Å². The molecule has 1 saturated heterocycles. The van der Waals surface area contributed by atoms with E-state index in [0.29, 0.717) is 30.4 Å². The first-order chi connectivity index (χ1) is 16.2. The topological polar surface area (TPSA) is 108 Å². The minimum atomic E-state index is -3.04. The first kappa shape index (κ1) is 22.3. The monoisotopic (exact) mass is 483 g/mol. The number of rotatable bonds is 5. The predicted octanol–water partition coefficient (Wildman–Crippen LogP) is 3.34. The molecule has 1 atom stereocenters. The van der Waals surface area contributed by atoms with Crippen molar-refractivity contribution in [1.82, 2.24) is 24.8 Å². The van der Waals surface area contributed by atoms with Crippen LogP contribution in [0.2, 0.25) is 0 Å². The molecule has 0 aliphatic carbocycles. The lowest BCUT2D eigenvalue weighted by atomic mass is 9.93. The molecule has 1 aliphatic rings. The zero-order chi connectivity index (χ0) is 24.0. The molecule has 34 heavy (non-hydrogen) atoms. The van der Waals surface area contributed by atoms with Gasteiger partial charge in [-0.15, -0.1) is 0 Å². The van der Waals surface area contributed by atoms with Crippen molar-refractivity contribution in [3.05, 3.63) is 64.7 Å². The molecule has 9 nitrogen and oxygen atoms in total. The van der Waals surface area contributed by atoms with Crippen LogP contribution in [0, 0.1) is 19.7 Å². The Balaban J connectivity index is 1.64. The number of nitrogens with one attached hydrogen (secondary N) is 2. The minimum Gasteiger partial charge on any atom is -0.354 e. The number of hydrogen-bond donors (Lipinski definition) is 2. The van der Waals surface area contributed by atoms with Gasteiger partial charge in [-0.3, -0.25) is 5.10 Å². The summed E-state index contributed by atoms with van der Waals surface area (Å²) in [5.41, 5.74) is 4.27. The van der Waals surface area contributed by atoms with Gasteiger partial charge in [-0.1, -0.05) is 19.1 Å². The third-order valence-corrected chi connectivity index (χ3v) is 7.83. The highest BCUT2D eigenvalue weighted by molar-refractivity contribution is 7.91. The van der Waals surface area contributed by atoms with Gasteiger partial charge in [0.2, 0.25) is 0 Å². The third kappa shape index (κ3) is 4.23. The first-order valence-electron chi connectivity index (χ1n) is 11.1. The molecule has 178 valence electrons. The van der Waals surface area contributed by atoms with E-state index in [2.05, 4.69) is 15.5 Å². The normalized spacial score (nSPS) is 16.6. The van der Waals surface area contributed by atoms with E-state index in [-0.39, 0.29) is 23.2 Å². The molecule has 4 heterocycles. The average Bonchev–Trinajstić information content (AvgIpc) is 3.35. The van der Waals surface area contributed by atoms with Gasteiger partial charge in [-0.05, 0) is 31.5 Å². The van der Waals surface area contributed by atoms with E-state index in [9.17, 15) is 12.8 Å². The van der Waals surface area contributed by atoms with Gasteiger partial charge in [0.15, 0.2) is 21.3 Å². The van der Waals surface area contributed by atoms with Crippen molar-refractivity contribution in [2.75, 3.05) is 34.8 Å². The van der Waals surface area contributed by atoms with Crippen LogP contribution < -0.4 is 10.2 Å². The number of anilines is 3. The SMILES string of the molecule is Cc1cc(Nc2cc(N3CCS(=O)(=O)CC3)n3nc(C)c(C(C)c4ccc(F)cc4)c3n2)n[nH]1. The van der Waals surface area contributed by atoms with E-state index in [1.165, 1.54) is 12.1 Å². The summed E-state index contributed by atoms with van der Waals surface area (Å²) < 4.78 is 39.3. The van der Waals surface area contributed by atoms with Gasteiger partial charge in [0.05, 0.1) is 17.2 Å². The summed E-state index contributed by atoms with van der Waals surface area (Å²) >= 11 is 0. The molecule has 1 aliphatic heterocycles. The van der Waals surface area contributed by atoms with Crippen molar-refractivity contribution in [1.29, 1.82) is 0 Å². The Kier molecular flexibility index (Phi) is 5.51. The Morgan fingerprint density at radius 3 is 2.44 bits per heavy atom. The number of fused-ring (bicyclic) bond motifs is 1. The van der Waals surface area contributed by atoms with Gasteiger partial charge >= 0.3 is 0 Å². The van der Waals surface area contributed by atoms with Gasteiger partial charge in [0.25, 0.3) is 0 Å². The number of halogens is 1. The molecular formula is C23H26FN7O2S. The lowest BCUT2D eigenvalue weighted by Gasteiger charge is -2.29. The van der Waals surface area contributed by atoms with E-state index in [4.69, 9.17) is 10.1 Å². The molecule has 0 bridgehead atoms.